The van der Waals surface area contributed by atoms with E-state index in [0.29, 0.717) is 0 Å². The van der Waals surface area contributed by atoms with Crippen LogP contribution in [0.5, 0.6) is 0 Å². The molecule has 0 aliphatic carbocycles. The molecule has 4 nitrogen and oxygen atoms in total. The number of benzene rings is 2. The van der Waals surface area contributed by atoms with Crippen LogP contribution in [0.25, 0.3) is 0 Å². The van der Waals surface area contributed by atoms with Gasteiger partial charge in [-0.15, -0.1) is 11.8 Å². The molecule has 0 heterocycles. The Labute approximate surface area is 132 Å². The van der Waals surface area contributed by atoms with E-state index in [1.54, 1.807) is 23.9 Å². The average molecular weight is 342 g/mol. The van der Waals surface area contributed by atoms with Crippen LogP contribution >= 0.6 is 23.5 Å². The molecule has 2 aromatic carbocycles. The van der Waals surface area contributed by atoms with Crippen LogP contribution in [0, 0.1) is 0 Å². The van der Waals surface area contributed by atoms with Gasteiger partial charge in [0.2, 0.25) is 5.44 Å². The summed E-state index contributed by atoms with van der Waals surface area (Å²) in [6.45, 7) is 0. The summed E-state index contributed by atoms with van der Waals surface area (Å²) in [6.07, 6.45) is 2.01. The van der Waals surface area contributed by atoms with Crippen molar-refractivity contribution < 1.29 is 18.1 Å². The zero-order valence-electron chi connectivity index (χ0n) is 11.1. The minimum absolute atomic E-state index is 0.139. The van der Waals surface area contributed by atoms with E-state index in [0.717, 1.165) is 9.79 Å². The Bertz CT molecular complexity index is 711. The lowest BCUT2D eigenvalue weighted by Crippen LogP contribution is -2.10. The molecule has 0 spiro atoms. The lowest BCUT2D eigenvalue weighted by atomic mass is 10.2. The van der Waals surface area contributed by atoms with E-state index in [1.807, 2.05) is 24.5 Å². The molecule has 1 unspecified atom stereocenters. The molecule has 21 heavy (non-hydrogen) atoms. The fourth-order valence-corrected chi connectivity index (χ4v) is 3.59. The maximum atomic E-state index is 10.9. The highest BCUT2D eigenvalue weighted by molar-refractivity contribution is 7.99. The van der Waals surface area contributed by atoms with Crippen LogP contribution in [0.15, 0.2) is 63.2 Å². The second kappa shape index (κ2) is 6.85. The lowest BCUT2D eigenvalue weighted by Gasteiger charge is -2.08. The monoisotopic (exact) mass is 342 g/mol. The maximum Gasteiger partial charge on any atom is 0.296 e. The highest BCUT2D eigenvalue weighted by atomic mass is 32.2. The fourth-order valence-electron chi connectivity index (χ4n) is 1.67. The summed E-state index contributed by atoms with van der Waals surface area (Å²) in [5.74, 6) is 0. The predicted molar refractivity (Wildman–Crippen MR) is 85.3 cm³/mol. The van der Waals surface area contributed by atoms with Crippen LogP contribution < -0.4 is 0 Å². The molecule has 2 rings (SSSR count). The maximum absolute atomic E-state index is 10.9. The third kappa shape index (κ3) is 4.49. The smallest absolute Gasteiger partial charge is 0.296 e. The summed E-state index contributed by atoms with van der Waals surface area (Å²) >= 11 is 3.20. The largest absolute Gasteiger partial charge is 0.371 e. The van der Waals surface area contributed by atoms with Crippen LogP contribution in [0.4, 0.5) is 0 Å². The molecule has 0 saturated carbocycles. The zero-order valence-corrected chi connectivity index (χ0v) is 13.6. The van der Waals surface area contributed by atoms with Gasteiger partial charge in [0.05, 0.1) is 0 Å². The fraction of sp³-hybridized carbons (Fsp3) is 0.143. The van der Waals surface area contributed by atoms with Gasteiger partial charge in [-0.1, -0.05) is 30.0 Å². The summed E-state index contributed by atoms with van der Waals surface area (Å²) < 4.78 is 30.6. The quantitative estimate of drug-likeness (QED) is 0.640. The van der Waals surface area contributed by atoms with Gasteiger partial charge >= 0.3 is 0 Å². The van der Waals surface area contributed by atoms with Crippen molar-refractivity contribution in [3.8, 4) is 0 Å². The Morgan fingerprint density at radius 1 is 1.00 bits per heavy atom. The van der Waals surface area contributed by atoms with Gasteiger partial charge in [-0.2, -0.15) is 8.42 Å². The SMILES string of the molecule is CSc1cccc(Sc2ccc(C(O)S(=O)(=O)O)cc2)c1. The van der Waals surface area contributed by atoms with Crippen molar-refractivity contribution in [2.75, 3.05) is 6.26 Å². The van der Waals surface area contributed by atoms with Crippen molar-refractivity contribution in [3.63, 3.8) is 0 Å². The predicted octanol–water partition coefficient (Wildman–Crippen LogP) is 3.44. The second-order valence-corrected chi connectivity index (χ2v) is 7.72. The van der Waals surface area contributed by atoms with E-state index < -0.39 is 15.6 Å². The number of thioether (sulfide) groups is 1. The third-order valence-electron chi connectivity index (χ3n) is 2.72. The first kappa shape index (κ1) is 16.4. The van der Waals surface area contributed by atoms with E-state index in [1.165, 1.54) is 28.8 Å². The van der Waals surface area contributed by atoms with E-state index >= 15 is 0 Å². The average Bonchev–Trinajstić information content (AvgIpc) is 2.46. The Morgan fingerprint density at radius 3 is 2.19 bits per heavy atom. The van der Waals surface area contributed by atoms with Crippen molar-refractivity contribution >= 4 is 33.6 Å². The second-order valence-electron chi connectivity index (χ2n) is 4.22. The third-order valence-corrected chi connectivity index (χ3v) is 5.28. The highest BCUT2D eigenvalue weighted by Gasteiger charge is 2.21. The number of hydrogen-bond donors (Lipinski definition) is 2. The van der Waals surface area contributed by atoms with Crippen LogP contribution in [-0.2, 0) is 10.1 Å². The molecule has 0 fully saturated rings. The minimum atomic E-state index is -4.49. The molecule has 0 bridgehead atoms. The normalized spacial score (nSPS) is 13.1. The van der Waals surface area contributed by atoms with Gasteiger partial charge in [0.25, 0.3) is 10.1 Å². The first-order valence-electron chi connectivity index (χ1n) is 5.96. The summed E-state index contributed by atoms with van der Waals surface area (Å²) in [7, 11) is -4.49. The molecule has 2 aromatic rings. The van der Waals surface area contributed by atoms with Gasteiger partial charge in [0, 0.05) is 14.7 Å². The molecule has 7 heteroatoms. The van der Waals surface area contributed by atoms with Gasteiger partial charge in [0.15, 0.2) is 0 Å². The minimum Gasteiger partial charge on any atom is -0.371 e. The lowest BCUT2D eigenvalue weighted by molar-refractivity contribution is 0.238. The summed E-state index contributed by atoms with van der Waals surface area (Å²) in [6, 6.07) is 14.4. The van der Waals surface area contributed by atoms with Crippen LogP contribution in [-0.4, -0.2) is 24.3 Å². The molecular formula is C14H14O4S3. The van der Waals surface area contributed by atoms with E-state index in [2.05, 4.69) is 6.07 Å². The van der Waals surface area contributed by atoms with Gasteiger partial charge in [-0.25, -0.2) is 0 Å². The Balaban J connectivity index is 2.16. The molecular weight excluding hydrogens is 328 g/mol. The topological polar surface area (TPSA) is 74.6 Å². The molecule has 1 atom stereocenters. The molecule has 0 aliphatic heterocycles. The van der Waals surface area contributed by atoms with E-state index in [4.69, 9.17) is 4.55 Å². The summed E-state index contributed by atoms with van der Waals surface area (Å²) in [5, 5.41) is 9.46. The Hall–Kier alpha value is -0.990. The van der Waals surface area contributed by atoms with Crippen molar-refractivity contribution in [1.29, 1.82) is 0 Å². The zero-order chi connectivity index (χ0) is 15.5. The first-order valence-corrected chi connectivity index (χ1v) is 9.51. The number of aliphatic hydroxyl groups excluding tert-OH is 1. The number of rotatable bonds is 5. The molecule has 0 amide bonds. The standard InChI is InChI=1S/C14H14O4S3/c1-19-12-3-2-4-13(9-12)20-11-7-5-10(6-8-11)14(15)21(16,17)18/h2-9,14-15H,1H3,(H,16,17,18). The number of hydrogen-bond acceptors (Lipinski definition) is 5. The van der Waals surface area contributed by atoms with Crippen LogP contribution in [0.1, 0.15) is 11.0 Å². The van der Waals surface area contributed by atoms with Crippen LogP contribution in [0.3, 0.4) is 0 Å². The molecule has 112 valence electrons. The number of aliphatic hydroxyl groups is 1. The first-order chi connectivity index (χ1) is 9.90. The van der Waals surface area contributed by atoms with Gasteiger partial charge in [-0.3, -0.25) is 4.55 Å². The van der Waals surface area contributed by atoms with Crippen molar-refractivity contribution in [3.05, 3.63) is 54.1 Å². The Morgan fingerprint density at radius 2 is 1.62 bits per heavy atom. The van der Waals surface area contributed by atoms with Crippen molar-refractivity contribution in [1.82, 2.24) is 0 Å². The summed E-state index contributed by atoms with van der Waals surface area (Å²) in [4.78, 5) is 3.16. The van der Waals surface area contributed by atoms with Crippen LogP contribution in [0.2, 0.25) is 0 Å². The van der Waals surface area contributed by atoms with Gasteiger partial charge in [-0.05, 0) is 42.2 Å². The van der Waals surface area contributed by atoms with Gasteiger partial charge < -0.3 is 5.11 Å². The van der Waals surface area contributed by atoms with E-state index in [-0.39, 0.29) is 5.56 Å². The van der Waals surface area contributed by atoms with Crippen molar-refractivity contribution in [2.24, 2.45) is 0 Å². The molecule has 0 aliphatic rings. The molecule has 0 saturated heterocycles. The molecule has 0 radical (unpaired) electrons. The Kier molecular flexibility index (Phi) is 5.34. The molecule has 2 N–H and O–H groups in total. The van der Waals surface area contributed by atoms with E-state index in [9.17, 15) is 13.5 Å². The molecule has 0 aromatic heterocycles. The van der Waals surface area contributed by atoms with Crippen molar-refractivity contribution in [2.45, 2.75) is 20.1 Å². The van der Waals surface area contributed by atoms with Gasteiger partial charge in [0.1, 0.15) is 0 Å². The highest BCUT2D eigenvalue weighted by Crippen LogP contribution is 2.31. The summed E-state index contributed by atoms with van der Waals surface area (Å²) in [5.41, 5.74) is -1.77.